The van der Waals surface area contributed by atoms with Crippen LogP contribution in [0.15, 0.2) is 16.2 Å². The summed E-state index contributed by atoms with van der Waals surface area (Å²) in [4.78, 5) is 20.7. The van der Waals surface area contributed by atoms with Crippen molar-refractivity contribution in [2.45, 2.75) is 27.2 Å². The molecule has 0 saturated heterocycles. The zero-order chi connectivity index (χ0) is 12.5. The van der Waals surface area contributed by atoms with Crippen molar-refractivity contribution in [3.8, 4) is 10.7 Å². The molecule has 2 aromatic heterocycles. The van der Waals surface area contributed by atoms with Gasteiger partial charge in [0, 0.05) is 11.6 Å². The normalized spacial score (nSPS) is 11.7. The summed E-state index contributed by atoms with van der Waals surface area (Å²) in [6, 6.07) is 0. The molecule has 0 unspecified atom stereocenters. The van der Waals surface area contributed by atoms with Crippen molar-refractivity contribution in [3.63, 3.8) is 0 Å². The molecular formula is C11H13N3O2S. The Balaban J connectivity index is 2.12. The van der Waals surface area contributed by atoms with Gasteiger partial charge in [0.25, 0.3) is 0 Å². The Morgan fingerprint density at radius 2 is 2.24 bits per heavy atom. The molecule has 0 fully saturated rings. The van der Waals surface area contributed by atoms with E-state index < -0.39 is 0 Å². The lowest BCUT2D eigenvalue weighted by molar-refractivity contribution is -0.125. The molecule has 2 rings (SSSR count). The maximum atomic E-state index is 11.8. The van der Waals surface area contributed by atoms with Gasteiger partial charge < -0.3 is 4.52 Å². The second-order valence-electron chi connectivity index (χ2n) is 4.73. The summed E-state index contributed by atoms with van der Waals surface area (Å²) >= 11 is 1.43. The highest BCUT2D eigenvalue weighted by molar-refractivity contribution is 7.13. The minimum Gasteiger partial charge on any atom is -0.338 e. The summed E-state index contributed by atoms with van der Waals surface area (Å²) in [5.74, 6) is 0.925. The van der Waals surface area contributed by atoms with Gasteiger partial charge in [0.15, 0.2) is 0 Å². The van der Waals surface area contributed by atoms with E-state index in [1.54, 1.807) is 11.7 Å². The van der Waals surface area contributed by atoms with E-state index in [2.05, 4.69) is 15.1 Å². The molecule has 5 nitrogen and oxygen atoms in total. The number of rotatable bonds is 3. The molecule has 0 N–H and O–H groups in total. The second-order valence-corrected chi connectivity index (χ2v) is 5.61. The molecule has 0 radical (unpaired) electrons. The Labute approximate surface area is 103 Å². The van der Waals surface area contributed by atoms with Crippen LogP contribution in [0.5, 0.6) is 0 Å². The average Bonchev–Trinajstić information content (AvgIpc) is 2.83. The molecule has 90 valence electrons. The summed E-state index contributed by atoms with van der Waals surface area (Å²) in [5, 5.41) is 3.83. The van der Waals surface area contributed by atoms with Gasteiger partial charge in [-0.25, -0.2) is 0 Å². The molecule has 0 saturated carbocycles. The van der Waals surface area contributed by atoms with Crippen LogP contribution >= 0.6 is 11.3 Å². The van der Waals surface area contributed by atoms with Gasteiger partial charge in [-0.15, -0.1) is 11.3 Å². The molecule has 0 spiro atoms. The highest BCUT2D eigenvalue weighted by Crippen LogP contribution is 2.21. The fraction of sp³-hybridized carbons (Fsp3) is 0.455. The van der Waals surface area contributed by atoms with Gasteiger partial charge in [-0.1, -0.05) is 25.9 Å². The lowest BCUT2D eigenvalue weighted by Crippen LogP contribution is -2.22. The quantitative estimate of drug-likeness (QED) is 0.837. The van der Waals surface area contributed by atoms with Crippen molar-refractivity contribution in [1.29, 1.82) is 0 Å². The van der Waals surface area contributed by atoms with Crippen LogP contribution in [-0.4, -0.2) is 20.9 Å². The molecule has 0 amide bonds. The number of carbonyl (C=O) groups excluding carboxylic acids is 1. The predicted molar refractivity (Wildman–Crippen MR) is 63.6 cm³/mol. The van der Waals surface area contributed by atoms with Crippen molar-refractivity contribution in [3.05, 3.63) is 17.6 Å². The number of hydrogen-bond donors (Lipinski definition) is 0. The first kappa shape index (κ1) is 11.9. The topological polar surface area (TPSA) is 68.9 Å². The van der Waals surface area contributed by atoms with E-state index >= 15 is 0 Å². The van der Waals surface area contributed by atoms with E-state index in [1.807, 2.05) is 20.8 Å². The Bertz CT molecular complexity index is 511. The van der Waals surface area contributed by atoms with Crippen LogP contribution in [0, 0.1) is 5.41 Å². The number of ketones is 1. The number of Topliss-reactive ketones (excluding diaryl/α,β-unsaturated/α-hetero) is 1. The molecule has 0 atom stereocenters. The number of aromatic nitrogens is 3. The molecule has 0 aliphatic heterocycles. The molecule has 6 heteroatoms. The summed E-state index contributed by atoms with van der Waals surface area (Å²) in [7, 11) is 0. The van der Waals surface area contributed by atoms with E-state index in [9.17, 15) is 4.79 Å². The molecule has 0 aliphatic rings. The number of hydrogen-bond acceptors (Lipinski definition) is 6. The van der Waals surface area contributed by atoms with Crippen molar-refractivity contribution >= 4 is 17.1 Å². The van der Waals surface area contributed by atoms with Crippen molar-refractivity contribution in [1.82, 2.24) is 15.1 Å². The smallest absolute Gasteiger partial charge is 0.234 e. The Morgan fingerprint density at radius 3 is 2.82 bits per heavy atom. The average molecular weight is 251 g/mol. The summed E-state index contributed by atoms with van der Waals surface area (Å²) in [6.07, 6.45) is 1.85. The number of carbonyl (C=O) groups is 1. The fourth-order valence-electron chi connectivity index (χ4n) is 1.16. The van der Waals surface area contributed by atoms with Crippen LogP contribution in [0.4, 0.5) is 0 Å². The lowest BCUT2D eigenvalue weighted by Gasteiger charge is -2.14. The Hall–Kier alpha value is -1.56. The standard InChI is InChI=1S/C11H13N3O2S/c1-11(2,3)8(15)4-9-13-10(14-16-9)7-5-12-6-17-7/h5-6H,4H2,1-3H3. The molecule has 2 aromatic rings. The minimum absolute atomic E-state index is 0.0806. The van der Waals surface area contributed by atoms with Crippen LogP contribution in [-0.2, 0) is 11.2 Å². The largest absolute Gasteiger partial charge is 0.338 e. The third-order valence-corrected chi connectivity index (χ3v) is 3.04. The number of nitrogens with zero attached hydrogens (tertiary/aromatic N) is 3. The second kappa shape index (κ2) is 4.37. The third-order valence-electron chi connectivity index (χ3n) is 2.27. The fourth-order valence-corrected chi connectivity index (χ4v) is 1.70. The molecule has 0 aromatic carbocycles. The highest BCUT2D eigenvalue weighted by atomic mass is 32.1. The van der Waals surface area contributed by atoms with Gasteiger partial charge in [0.05, 0.1) is 16.8 Å². The molecule has 17 heavy (non-hydrogen) atoms. The van der Waals surface area contributed by atoms with Crippen molar-refractivity contribution < 1.29 is 9.32 Å². The van der Waals surface area contributed by atoms with Crippen LogP contribution in [0.3, 0.4) is 0 Å². The van der Waals surface area contributed by atoms with Gasteiger partial charge >= 0.3 is 0 Å². The van der Waals surface area contributed by atoms with Crippen molar-refractivity contribution in [2.24, 2.45) is 5.41 Å². The summed E-state index contributed by atoms with van der Waals surface area (Å²) in [6.45, 7) is 5.61. The van der Waals surface area contributed by atoms with Gasteiger partial charge in [-0.2, -0.15) is 4.98 Å². The highest BCUT2D eigenvalue weighted by Gasteiger charge is 2.24. The van der Waals surface area contributed by atoms with E-state index in [0.29, 0.717) is 11.7 Å². The molecule has 0 bridgehead atoms. The third kappa shape index (κ3) is 2.76. The SMILES string of the molecule is CC(C)(C)C(=O)Cc1nc(-c2cncs2)no1. The Kier molecular flexibility index (Phi) is 3.06. The monoisotopic (exact) mass is 251 g/mol. The maximum Gasteiger partial charge on any atom is 0.234 e. The summed E-state index contributed by atoms with van der Waals surface area (Å²) in [5.41, 5.74) is 1.31. The van der Waals surface area contributed by atoms with Gasteiger partial charge in [-0.05, 0) is 0 Å². The van der Waals surface area contributed by atoms with Gasteiger partial charge in [-0.3, -0.25) is 9.78 Å². The predicted octanol–water partition coefficient (Wildman–Crippen LogP) is 2.35. The lowest BCUT2D eigenvalue weighted by atomic mass is 9.89. The van der Waals surface area contributed by atoms with Crippen LogP contribution in [0.25, 0.3) is 10.7 Å². The van der Waals surface area contributed by atoms with Crippen LogP contribution in [0.2, 0.25) is 0 Å². The first-order chi connectivity index (χ1) is 7.97. The zero-order valence-electron chi connectivity index (χ0n) is 9.93. The molecular weight excluding hydrogens is 238 g/mol. The first-order valence-electron chi connectivity index (χ1n) is 5.21. The van der Waals surface area contributed by atoms with E-state index in [-0.39, 0.29) is 17.6 Å². The van der Waals surface area contributed by atoms with Crippen LogP contribution in [0.1, 0.15) is 26.7 Å². The zero-order valence-corrected chi connectivity index (χ0v) is 10.7. The summed E-state index contributed by atoms with van der Waals surface area (Å²) < 4.78 is 5.05. The van der Waals surface area contributed by atoms with E-state index in [0.717, 1.165) is 4.88 Å². The molecule has 2 heterocycles. The molecule has 0 aliphatic carbocycles. The van der Waals surface area contributed by atoms with Gasteiger partial charge in [0.1, 0.15) is 5.78 Å². The first-order valence-corrected chi connectivity index (χ1v) is 6.09. The number of thiazole rings is 1. The van der Waals surface area contributed by atoms with Crippen LogP contribution < -0.4 is 0 Å². The minimum atomic E-state index is -0.390. The van der Waals surface area contributed by atoms with E-state index in [4.69, 9.17) is 4.52 Å². The maximum absolute atomic E-state index is 11.8. The Morgan fingerprint density at radius 1 is 1.47 bits per heavy atom. The van der Waals surface area contributed by atoms with Gasteiger partial charge in [0.2, 0.25) is 11.7 Å². The van der Waals surface area contributed by atoms with E-state index in [1.165, 1.54) is 11.3 Å². The van der Waals surface area contributed by atoms with Crippen molar-refractivity contribution in [2.75, 3.05) is 0 Å².